The van der Waals surface area contributed by atoms with Crippen LogP contribution in [0.25, 0.3) is 10.1 Å². The lowest BCUT2D eigenvalue weighted by atomic mass is 10.2. The minimum atomic E-state index is -3.77. The van der Waals surface area contributed by atoms with E-state index in [1.54, 1.807) is 6.07 Å². The zero-order chi connectivity index (χ0) is 15.9. The summed E-state index contributed by atoms with van der Waals surface area (Å²) in [6.45, 7) is 0.140. The highest BCUT2D eigenvalue weighted by Crippen LogP contribution is 2.34. The van der Waals surface area contributed by atoms with Gasteiger partial charge in [0.1, 0.15) is 10.3 Å². The minimum absolute atomic E-state index is 0.140. The monoisotopic (exact) mass is 340 g/mol. The number of carbonyl (C=O) groups is 1. The Kier molecular flexibility index (Phi) is 3.94. The second-order valence-electron chi connectivity index (χ2n) is 5.19. The number of methoxy groups -OCH3 is 1. The Hall–Kier alpha value is -1.48. The number of amides is 1. The number of benzene rings is 1. The van der Waals surface area contributed by atoms with Crippen LogP contribution in [-0.2, 0) is 19.6 Å². The summed E-state index contributed by atoms with van der Waals surface area (Å²) in [5.41, 5.74) is 5.36. The molecule has 0 bridgehead atoms. The number of ether oxygens (including phenoxy) is 1. The molecule has 1 fully saturated rings. The van der Waals surface area contributed by atoms with E-state index in [9.17, 15) is 13.2 Å². The number of carbonyl (C=O) groups excluding carboxylic acids is 1. The van der Waals surface area contributed by atoms with Crippen LogP contribution in [0.2, 0.25) is 0 Å². The molecule has 1 aliphatic rings. The lowest BCUT2D eigenvalue weighted by Crippen LogP contribution is -2.43. The number of sulfonamides is 1. The van der Waals surface area contributed by atoms with Crippen LogP contribution in [0.1, 0.15) is 6.42 Å². The summed E-state index contributed by atoms with van der Waals surface area (Å²) in [7, 11) is -2.27. The van der Waals surface area contributed by atoms with Crippen LogP contribution < -0.4 is 5.73 Å². The van der Waals surface area contributed by atoms with E-state index in [1.165, 1.54) is 18.4 Å². The predicted octanol–water partition coefficient (Wildman–Crippen LogP) is 1.16. The first-order chi connectivity index (χ1) is 10.4. The molecule has 1 aromatic heterocycles. The molecule has 6 nitrogen and oxygen atoms in total. The third-order valence-corrected chi connectivity index (χ3v) is 7.28. The number of fused-ring (bicyclic) bond motifs is 1. The molecule has 2 N–H and O–H groups in total. The van der Waals surface area contributed by atoms with Crippen molar-refractivity contribution in [1.29, 1.82) is 0 Å². The number of nitrogens with zero attached hydrogens (tertiary/aromatic N) is 1. The quantitative estimate of drug-likeness (QED) is 0.904. The smallest absolute Gasteiger partial charge is 0.253 e. The van der Waals surface area contributed by atoms with Gasteiger partial charge in [0.2, 0.25) is 5.91 Å². The van der Waals surface area contributed by atoms with Gasteiger partial charge in [-0.3, -0.25) is 4.79 Å². The summed E-state index contributed by atoms with van der Waals surface area (Å²) in [5, 5.41) is 0.865. The normalized spacial score (nSPS) is 23.1. The van der Waals surface area contributed by atoms with E-state index in [2.05, 4.69) is 0 Å². The van der Waals surface area contributed by atoms with Crippen molar-refractivity contribution in [1.82, 2.24) is 4.31 Å². The minimum Gasteiger partial charge on any atom is -0.380 e. The summed E-state index contributed by atoms with van der Waals surface area (Å²) >= 11 is 1.19. The maximum Gasteiger partial charge on any atom is 0.253 e. The third-order valence-electron chi connectivity index (χ3n) is 3.84. The van der Waals surface area contributed by atoms with Gasteiger partial charge in [0.05, 0.1) is 6.10 Å². The molecule has 0 saturated carbocycles. The molecule has 22 heavy (non-hydrogen) atoms. The average Bonchev–Trinajstić information content (AvgIpc) is 3.11. The highest BCUT2D eigenvalue weighted by molar-refractivity contribution is 7.91. The topological polar surface area (TPSA) is 89.7 Å². The highest BCUT2D eigenvalue weighted by atomic mass is 32.2. The van der Waals surface area contributed by atoms with Crippen molar-refractivity contribution in [3.63, 3.8) is 0 Å². The van der Waals surface area contributed by atoms with Crippen molar-refractivity contribution in [2.75, 3.05) is 13.7 Å². The van der Waals surface area contributed by atoms with Gasteiger partial charge >= 0.3 is 0 Å². The number of hydrogen-bond acceptors (Lipinski definition) is 5. The summed E-state index contributed by atoms with van der Waals surface area (Å²) in [4.78, 5) is 11.6. The Morgan fingerprint density at radius 3 is 2.77 bits per heavy atom. The average molecular weight is 340 g/mol. The molecule has 2 atom stereocenters. The van der Waals surface area contributed by atoms with Crippen molar-refractivity contribution < 1.29 is 17.9 Å². The molecule has 2 aromatic rings. The van der Waals surface area contributed by atoms with Gasteiger partial charge in [-0.2, -0.15) is 4.31 Å². The Morgan fingerprint density at radius 2 is 2.14 bits per heavy atom. The molecule has 8 heteroatoms. The fraction of sp³-hybridized carbons (Fsp3) is 0.357. The van der Waals surface area contributed by atoms with E-state index in [1.807, 2.05) is 24.3 Å². The van der Waals surface area contributed by atoms with Crippen LogP contribution in [0.3, 0.4) is 0 Å². The highest BCUT2D eigenvalue weighted by Gasteiger charge is 2.43. The van der Waals surface area contributed by atoms with Crippen LogP contribution in [0, 0.1) is 0 Å². The maximum atomic E-state index is 12.9. The zero-order valence-corrected chi connectivity index (χ0v) is 13.6. The Bertz CT molecular complexity index is 782. The molecular formula is C14H16N2O4S2. The van der Waals surface area contributed by atoms with Crippen molar-refractivity contribution in [2.45, 2.75) is 22.8 Å². The fourth-order valence-electron chi connectivity index (χ4n) is 2.66. The molecular weight excluding hydrogens is 324 g/mol. The van der Waals surface area contributed by atoms with Crippen LogP contribution in [0.15, 0.2) is 34.5 Å². The van der Waals surface area contributed by atoms with Crippen LogP contribution in [-0.4, -0.2) is 44.4 Å². The molecule has 1 amide bonds. The number of primary amides is 1. The van der Waals surface area contributed by atoms with E-state index in [0.717, 1.165) is 14.4 Å². The molecule has 0 radical (unpaired) electrons. The van der Waals surface area contributed by atoms with Crippen LogP contribution >= 0.6 is 11.3 Å². The number of nitrogens with two attached hydrogens (primary N) is 1. The van der Waals surface area contributed by atoms with Gasteiger partial charge in [-0.1, -0.05) is 18.2 Å². The first kappa shape index (κ1) is 15.4. The number of rotatable bonds is 4. The van der Waals surface area contributed by atoms with E-state index >= 15 is 0 Å². The molecule has 2 heterocycles. The summed E-state index contributed by atoms with van der Waals surface area (Å²) in [6, 6.07) is 8.21. The first-order valence-electron chi connectivity index (χ1n) is 6.76. The van der Waals surface area contributed by atoms with Gasteiger partial charge in [0, 0.05) is 24.8 Å². The van der Waals surface area contributed by atoms with Crippen molar-refractivity contribution >= 4 is 37.4 Å². The standard InChI is InChI=1S/C14H16N2O4S2/c1-20-10-7-11(14(15)17)16(8-10)22(18,19)13-6-9-4-2-3-5-12(9)21-13/h2-6,10-11H,7-8H2,1H3,(H2,15,17)/t10-,11-/m0/s1. The molecule has 0 aliphatic carbocycles. The van der Waals surface area contributed by atoms with Crippen molar-refractivity contribution in [2.24, 2.45) is 5.73 Å². The van der Waals surface area contributed by atoms with Gasteiger partial charge in [-0.25, -0.2) is 8.42 Å². The Morgan fingerprint density at radius 1 is 1.41 bits per heavy atom. The Labute approximate surface area is 132 Å². The molecule has 0 spiro atoms. The van der Waals surface area contributed by atoms with Gasteiger partial charge < -0.3 is 10.5 Å². The van der Waals surface area contributed by atoms with E-state index in [-0.39, 0.29) is 23.3 Å². The second kappa shape index (κ2) is 5.62. The number of thiophene rings is 1. The molecule has 0 unspecified atom stereocenters. The van der Waals surface area contributed by atoms with Gasteiger partial charge in [0.25, 0.3) is 10.0 Å². The van der Waals surface area contributed by atoms with Gasteiger partial charge in [-0.15, -0.1) is 11.3 Å². The molecule has 1 aliphatic heterocycles. The summed E-state index contributed by atoms with van der Waals surface area (Å²) < 4.78 is 33.2. The second-order valence-corrected chi connectivity index (χ2v) is 8.39. The third kappa shape index (κ3) is 2.52. The van der Waals surface area contributed by atoms with Crippen molar-refractivity contribution in [3.05, 3.63) is 30.3 Å². The summed E-state index contributed by atoms with van der Waals surface area (Å²) in [6.07, 6.45) is -0.0303. The fourth-order valence-corrected chi connectivity index (χ4v) is 5.83. The summed E-state index contributed by atoms with van der Waals surface area (Å²) in [5.74, 6) is -0.649. The molecule has 1 aromatic carbocycles. The first-order valence-corrected chi connectivity index (χ1v) is 9.01. The maximum absolute atomic E-state index is 12.9. The van der Waals surface area contributed by atoms with E-state index in [4.69, 9.17) is 10.5 Å². The lowest BCUT2D eigenvalue weighted by Gasteiger charge is -2.20. The van der Waals surface area contributed by atoms with Crippen LogP contribution in [0.5, 0.6) is 0 Å². The molecule has 1 saturated heterocycles. The predicted molar refractivity (Wildman–Crippen MR) is 84.1 cm³/mol. The van der Waals surface area contributed by atoms with Crippen molar-refractivity contribution in [3.8, 4) is 0 Å². The molecule has 118 valence electrons. The van der Waals surface area contributed by atoms with E-state index in [0.29, 0.717) is 0 Å². The van der Waals surface area contributed by atoms with E-state index < -0.39 is 22.0 Å². The van der Waals surface area contributed by atoms with Gasteiger partial charge in [-0.05, 0) is 17.5 Å². The Balaban J connectivity index is 2.02. The number of hydrogen-bond donors (Lipinski definition) is 1. The van der Waals surface area contributed by atoms with Crippen LogP contribution in [0.4, 0.5) is 0 Å². The van der Waals surface area contributed by atoms with Gasteiger partial charge in [0.15, 0.2) is 0 Å². The lowest BCUT2D eigenvalue weighted by molar-refractivity contribution is -0.121. The molecule has 3 rings (SSSR count). The largest absolute Gasteiger partial charge is 0.380 e. The SMILES string of the molecule is CO[C@H]1C[C@@H](C(N)=O)N(S(=O)(=O)c2cc3ccccc3s2)C1. The zero-order valence-electron chi connectivity index (χ0n) is 11.9.